The van der Waals surface area contributed by atoms with Crippen LogP contribution >= 0.6 is 0 Å². The van der Waals surface area contributed by atoms with Crippen LogP contribution in [0.3, 0.4) is 0 Å². The summed E-state index contributed by atoms with van der Waals surface area (Å²) in [4.78, 5) is 38.7. The number of nitrogens with one attached hydrogen (secondary N) is 1. The van der Waals surface area contributed by atoms with E-state index in [0.29, 0.717) is 11.1 Å². The van der Waals surface area contributed by atoms with Gasteiger partial charge in [0.05, 0.1) is 18.6 Å². The maximum absolute atomic E-state index is 13.1. The molecule has 0 aliphatic carbocycles. The molecule has 3 amide bonds. The van der Waals surface area contributed by atoms with Gasteiger partial charge in [0.2, 0.25) is 17.7 Å². The van der Waals surface area contributed by atoms with Gasteiger partial charge in [-0.15, -0.1) is 0 Å². The van der Waals surface area contributed by atoms with Gasteiger partial charge in [0.25, 0.3) is 0 Å². The highest BCUT2D eigenvalue weighted by atomic mass is 19.4. The molecule has 0 radical (unpaired) electrons. The van der Waals surface area contributed by atoms with Crippen LogP contribution in [0.1, 0.15) is 24.0 Å². The topological polar surface area (TPSA) is 75.7 Å². The number of carbonyl (C=O) groups excluding carboxylic acids is 3. The number of imide groups is 1. The van der Waals surface area contributed by atoms with Crippen molar-refractivity contribution in [1.82, 2.24) is 10.2 Å². The number of ether oxygens (including phenoxy) is 1. The van der Waals surface area contributed by atoms with E-state index in [1.807, 2.05) is 0 Å². The Bertz CT molecular complexity index is 736. The molecule has 0 saturated carbocycles. The van der Waals surface area contributed by atoms with Crippen molar-refractivity contribution in [2.24, 2.45) is 0 Å². The van der Waals surface area contributed by atoms with Gasteiger partial charge in [-0.1, -0.05) is 24.3 Å². The van der Waals surface area contributed by atoms with E-state index < -0.39 is 42.3 Å². The molecule has 1 heterocycles. The average Bonchev–Trinajstić information content (AvgIpc) is 2.82. The standard InChI is InChI=1S/C18H21F3N2O4/c1-12-5-3-4-6-13(12)17(9-14(24)22-11-18(19,20)21)10-15(25)23(16(17)26)7-8-27-2/h3-6H,7-11H2,1-2H3,(H,22,24). The van der Waals surface area contributed by atoms with Crippen molar-refractivity contribution in [2.75, 3.05) is 26.8 Å². The summed E-state index contributed by atoms with van der Waals surface area (Å²) < 4.78 is 42.1. The van der Waals surface area contributed by atoms with Crippen molar-refractivity contribution in [3.63, 3.8) is 0 Å². The highest BCUT2D eigenvalue weighted by molar-refractivity contribution is 6.10. The first-order valence-corrected chi connectivity index (χ1v) is 8.34. The van der Waals surface area contributed by atoms with E-state index in [-0.39, 0.29) is 19.6 Å². The number of aryl methyl sites for hydroxylation is 1. The van der Waals surface area contributed by atoms with E-state index in [4.69, 9.17) is 4.74 Å². The summed E-state index contributed by atoms with van der Waals surface area (Å²) in [6.45, 7) is 0.374. The zero-order valence-electron chi connectivity index (χ0n) is 15.1. The number of hydrogen-bond donors (Lipinski definition) is 1. The number of likely N-dealkylation sites (tertiary alicyclic amines) is 1. The molecule has 1 N–H and O–H groups in total. The van der Waals surface area contributed by atoms with Crippen molar-refractivity contribution in [2.45, 2.75) is 31.4 Å². The smallest absolute Gasteiger partial charge is 0.383 e. The maximum Gasteiger partial charge on any atom is 0.405 e. The molecule has 1 aliphatic rings. The molecule has 1 aliphatic heterocycles. The van der Waals surface area contributed by atoms with Crippen molar-refractivity contribution in [3.8, 4) is 0 Å². The molecule has 1 fully saturated rings. The van der Waals surface area contributed by atoms with E-state index >= 15 is 0 Å². The van der Waals surface area contributed by atoms with Crippen molar-refractivity contribution < 1.29 is 32.3 Å². The zero-order valence-corrected chi connectivity index (χ0v) is 15.1. The fraction of sp³-hybridized carbons (Fsp3) is 0.500. The van der Waals surface area contributed by atoms with E-state index in [0.717, 1.165) is 4.90 Å². The Morgan fingerprint density at radius 1 is 1.30 bits per heavy atom. The highest BCUT2D eigenvalue weighted by Crippen LogP contribution is 2.41. The number of amides is 3. The summed E-state index contributed by atoms with van der Waals surface area (Å²) >= 11 is 0. The highest BCUT2D eigenvalue weighted by Gasteiger charge is 2.54. The van der Waals surface area contributed by atoms with Gasteiger partial charge < -0.3 is 10.1 Å². The third-order valence-electron chi connectivity index (χ3n) is 4.54. The van der Waals surface area contributed by atoms with Gasteiger partial charge in [-0.05, 0) is 18.1 Å². The Balaban J connectivity index is 2.36. The molecular formula is C18H21F3N2O4. The van der Waals surface area contributed by atoms with Gasteiger partial charge in [-0.25, -0.2) is 0 Å². The van der Waals surface area contributed by atoms with Gasteiger partial charge in [0.15, 0.2) is 0 Å². The number of nitrogens with zero attached hydrogens (tertiary/aromatic N) is 1. The molecular weight excluding hydrogens is 365 g/mol. The van der Waals surface area contributed by atoms with Crippen LogP contribution in [0.4, 0.5) is 13.2 Å². The zero-order chi connectivity index (χ0) is 20.2. The van der Waals surface area contributed by atoms with Crippen LogP contribution < -0.4 is 5.32 Å². The van der Waals surface area contributed by atoms with Gasteiger partial charge in [-0.3, -0.25) is 19.3 Å². The lowest BCUT2D eigenvalue weighted by Gasteiger charge is -2.28. The molecule has 1 aromatic rings. The summed E-state index contributed by atoms with van der Waals surface area (Å²) in [5.74, 6) is -2.02. The maximum atomic E-state index is 13.1. The number of benzene rings is 1. The molecule has 2 rings (SSSR count). The SMILES string of the molecule is COCCN1C(=O)CC(CC(=O)NCC(F)(F)F)(c2ccccc2C)C1=O. The van der Waals surface area contributed by atoms with Gasteiger partial charge in [0, 0.05) is 20.0 Å². The molecule has 0 bridgehead atoms. The molecule has 1 unspecified atom stereocenters. The molecule has 27 heavy (non-hydrogen) atoms. The lowest BCUT2D eigenvalue weighted by Crippen LogP contribution is -2.44. The van der Waals surface area contributed by atoms with Crippen LogP contribution in [0.25, 0.3) is 0 Å². The van der Waals surface area contributed by atoms with Gasteiger partial charge in [-0.2, -0.15) is 13.2 Å². The first kappa shape index (κ1) is 20.9. The number of hydrogen-bond acceptors (Lipinski definition) is 4. The van der Waals surface area contributed by atoms with Crippen LogP contribution in [-0.2, 0) is 24.5 Å². The molecule has 9 heteroatoms. The minimum absolute atomic E-state index is 0.0198. The second-order valence-corrected chi connectivity index (χ2v) is 6.49. The van der Waals surface area contributed by atoms with Crippen LogP contribution in [0.15, 0.2) is 24.3 Å². The molecule has 148 valence electrons. The monoisotopic (exact) mass is 386 g/mol. The second kappa shape index (κ2) is 8.08. The average molecular weight is 386 g/mol. The molecule has 1 saturated heterocycles. The number of methoxy groups -OCH3 is 1. The number of carbonyl (C=O) groups is 3. The predicted molar refractivity (Wildman–Crippen MR) is 89.8 cm³/mol. The number of alkyl halides is 3. The molecule has 6 nitrogen and oxygen atoms in total. The Hall–Kier alpha value is -2.42. The largest absolute Gasteiger partial charge is 0.405 e. The second-order valence-electron chi connectivity index (χ2n) is 6.49. The van der Waals surface area contributed by atoms with Gasteiger partial charge in [0.1, 0.15) is 6.54 Å². The van der Waals surface area contributed by atoms with Crippen molar-refractivity contribution in [1.29, 1.82) is 0 Å². The summed E-state index contributed by atoms with van der Waals surface area (Å²) in [6.07, 6.45) is -5.38. The Kier molecular flexibility index (Phi) is 6.25. The minimum Gasteiger partial charge on any atom is -0.383 e. The first-order chi connectivity index (χ1) is 12.6. The summed E-state index contributed by atoms with van der Waals surface area (Å²) in [7, 11) is 1.42. The quantitative estimate of drug-likeness (QED) is 0.724. The van der Waals surface area contributed by atoms with E-state index in [9.17, 15) is 27.6 Å². The Morgan fingerprint density at radius 3 is 2.56 bits per heavy atom. The lowest BCUT2D eigenvalue weighted by atomic mass is 9.74. The van der Waals surface area contributed by atoms with Crippen LogP contribution in [0.2, 0.25) is 0 Å². The third-order valence-corrected chi connectivity index (χ3v) is 4.54. The lowest BCUT2D eigenvalue weighted by molar-refractivity contribution is -0.143. The Morgan fingerprint density at radius 2 is 1.96 bits per heavy atom. The van der Waals surface area contributed by atoms with Crippen molar-refractivity contribution >= 4 is 17.7 Å². The van der Waals surface area contributed by atoms with E-state index in [2.05, 4.69) is 0 Å². The predicted octanol–water partition coefficient (Wildman–Crippen LogP) is 1.71. The number of halogens is 3. The summed E-state index contributed by atoms with van der Waals surface area (Å²) in [6, 6.07) is 6.74. The van der Waals surface area contributed by atoms with Crippen LogP contribution in [-0.4, -0.2) is 55.6 Å². The minimum atomic E-state index is -4.56. The van der Waals surface area contributed by atoms with Crippen molar-refractivity contribution in [3.05, 3.63) is 35.4 Å². The molecule has 0 aromatic heterocycles. The molecule has 1 atom stereocenters. The summed E-state index contributed by atoms with van der Waals surface area (Å²) in [5.41, 5.74) is -0.382. The van der Waals surface area contributed by atoms with Crippen LogP contribution in [0.5, 0.6) is 0 Å². The molecule has 1 aromatic carbocycles. The fourth-order valence-corrected chi connectivity index (χ4v) is 3.30. The normalized spacial score (nSPS) is 20.3. The first-order valence-electron chi connectivity index (χ1n) is 8.34. The van der Waals surface area contributed by atoms with E-state index in [1.54, 1.807) is 36.5 Å². The fourth-order valence-electron chi connectivity index (χ4n) is 3.30. The summed E-state index contributed by atoms with van der Waals surface area (Å²) in [5, 5.41) is 1.79. The van der Waals surface area contributed by atoms with Gasteiger partial charge >= 0.3 is 6.18 Å². The number of rotatable bonds is 7. The Labute approximate surface area is 154 Å². The van der Waals surface area contributed by atoms with E-state index in [1.165, 1.54) is 7.11 Å². The molecule has 0 spiro atoms. The van der Waals surface area contributed by atoms with Crippen LogP contribution in [0, 0.1) is 6.92 Å². The third kappa shape index (κ3) is 4.65.